The first-order valence-electron chi connectivity index (χ1n) is 5.87. The summed E-state index contributed by atoms with van der Waals surface area (Å²) < 4.78 is 5.55. The minimum atomic E-state index is -0.0792. The minimum absolute atomic E-state index is 0.0792. The van der Waals surface area contributed by atoms with Crippen molar-refractivity contribution >= 4 is 5.91 Å². The number of amides is 1. The minimum Gasteiger partial charge on any atom is -0.374 e. The van der Waals surface area contributed by atoms with Crippen LogP contribution in [-0.2, 0) is 9.53 Å². The Morgan fingerprint density at radius 3 is 3.18 bits per heavy atom. The van der Waals surface area contributed by atoms with Crippen molar-refractivity contribution in [1.82, 2.24) is 15.5 Å². The van der Waals surface area contributed by atoms with E-state index in [0.29, 0.717) is 19.5 Å². The van der Waals surface area contributed by atoms with Crippen molar-refractivity contribution in [3.63, 3.8) is 0 Å². The van der Waals surface area contributed by atoms with E-state index in [1.807, 2.05) is 6.07 Å². The summed E-state index contributed by atoms with van der Waals surface area (Å²) in [6.07, 6.45) is 0.503. The van der Waals surface area contributed by atoms with Crippen LogP contribution in [0.2, 0.25) is 0 Å². The van der Waals surface area contributed by atoms with Crippen molar-refractivity contribution in [3.05, 3.63) is 0 Å². The van der Waals surface area contributed by atoms with Gasteiger partial charge in [-0.1, -0.05) is 0 Å². The average molecular weight is 240 g/mol. The predicted octanol–water partition coefficient (Wildman–Crippen LogP) is -1.06. The SMILES string of the molecule is CN1CCOC(CNCC(=O)NCCC#N)C1. The lowest BCUT2D eigenvalue weighted by Crippen LogP contribution is -2.46. The van der Waals surface area contributed by atoms with Gasteiger partial charge in [0.05, 0.1) is 31.7 Å². The molecule has 6 nitrogen and oxygen atoms in total. The second-order valence-corrected chi connectivity index (χ2v) is 4.14. The molecule has 2 N–H and O–H groups in total. The number of nitrogens with one attached hydrogen (secondary N) is 2. The highest BCUT2D eigenvalue weighted by atomic mass is 16.5. The molecule has 6 heteroatoms. The Kier molecular flexibility index (Phi) is 6.55. The van der Waals surface area contributed by atoms with Crippen molar-refractivity contribution in [2.24, 2.45) is 0 Å². The molecule has 1 heterocycles. The lowest BCUT2D eigenvalue weighted by atomic mass is 10.3. The highest BCUT2D eigenvalue weighted by molar-refractivity contribution is 5.77. The van der Waals surface area contributed by atoms with E-state index in [4.69, 9.17) is 10.00 Å². The first-order valence-corrected chi connectivity index (χ1v) is 5.87. The standard InChI is InChI=1S/C11H20N4O2/c1-15-5-6-17-10(9-15)7-13-8-11(16)14-4-2-3-12/h10,13H,2,4-9H2,1H3,(H,14,16). The van der Waals surface area contributed by atoms with Crippen molar-refractivity contribution in [2.75, 3.05) is 46.4 Å². The van der Waals surface area contributed by atoms with E-state index in [-0.39, 0.29) is 18.6 Å². The molecule has 0 aromatic heterocycles. The highest BCUT2D eigenvalue weighted by Gasteiger charge is 2.17. The zero-order valence-electron chi connectivity index (χ0n) is 10.2. The quantitative estimate of drug-likeness (QED) is 0.579. The summed E-state index contributed by atoms with van der Waals surface area (Å²) in [6.45, 7) is 3.97. The smallest absolute Gasteiger partial charge is 0.233 e. The van der Waals surface area contributed by atoms with Gasteiger partial charge >= 0.3 is 0 Å². The Balaban J connectivity index is 2.03. The fourth-order valence-electron chi connectivity index (χ4n) is 1.66. The fourth-order valence-corrected chi connectivity index (χ4v) is 1.66. The molecular formula is C11H20N4O2. The van der Waals surface area contributed by atoms with Gasteiger partial charge in [-0.2, -0.15) is 5.26 Å². The van der Waals surface area contributed by atoms with Gasteiger partial charge in [-0.25, -0.2) is 0 Å². The molecule has 17 heavy (non-hydrogen) atoms. The van der Waals surface area contributed by atoms with Crippen LogP contribution in [0.5, 0.6) is 0 Å². The maximum atomic E-state index is 11.3. The van der Waals surface area contributed by atoms with Crippen LogP contribution >= 0.6 is 0 Å². The third-order valence-electron chi connectivity index (χ3n) is 2.56. The van der Waals surface area contributed by atoms with E-state index in [9.17, 15) is 4.79 Å². The maximum absolute atomic E-state index is 11.3. The number of nitriles is 1. The lowest BCUT2D eigenvalue weighted by molar-refractivity contribution is -0.120. The van der Waals surface area contributed by atoms with Gasteiger partial charge in [-0.3, -0.25) is 4.79 Å². The monoisotopic (exact) mass is 240 g/mol. The molecule has 1 atom stereocenters. The average Bonchev–Trinajstić information content (AvgIpc) is 2.29. The van der Waals surface area contributed by atoms with Crippen molar-refractivity contribution in [3.8, 4) is 6.07 Å². The first kappa shape index (κ1) is 13.9. The van der Waals surface area contributed by atoms with E-state index in [1.165, 1.54) is 0 Å². The number of carbonyl (C=O) groups is 1. The molecule has 1 unspecified atom stereocenters. The van der Waals surface area contributed by atoms with Crippen LogP contribution in [-0.4, -0.2) is 63.3 Å². The van der Waals surface area contributed by atoms with Crippen molar-refractivity contribution < 1.29 is 9.53 Å². The van der Waals surface area contributed by atoms with Gasteiger partial charge in [0, 0.05) is 26.2 Å². The fraction of sp³-hybridized carbons (Fsp3) is 0.818. The third kappa shape index (κ3) is 6.22. The zero-order chi connectivity index (χ0) is 12.5. The lowest BCUT2D eigenvalue weighted by Gasteiger charge is -2.30. The van der Waals surface area contributed by atoms with E-state index in [1.54, 1.807) is 0 Å². The summed E-state index contributed by atoms with van der Waals surface area (Å²) in [7, 11) is 2.06. The normalized spacial score (nSPS) is 20.8. The van der Waals surface area contributed by atoms with E-state index in [2.05, 4.69) is 22.6 Å². The molecule has 1 amide bonds. The number of ether oxygens (including phenoxy) is 1. The predicted molar refractivity (Wildman–Crippen MR) is 63.3 cm³/mol. The topological polar surface area (TPSA) is 77.4 Å². The number of hydrogen-bond donors (Lipinski definition) is 2. The summed E-state index contributed by atoms with van der Waals surface area (Å²) in [6, 6.07) is 1.98. The first-order chi connectivity index (χ1) is 8.22. The van der Waals surface area contributed by atoms with Crippen LogP contribution in [0.4, 0.5) is 0 Å². The molecule has 0 saturated carbocycles. The summed E-state index contributed by atoms with van der Waals surface area (Å²) in [4.78, 5) is 13.5. The zero-order valence-corrected chi connectivity index (χ0v) is 10.2. The second-order valence-electron chi connectivity index (χ2n) is 4.14. The van der Waals surface area contributed by atoms with E-state index in [0.717, 1.165) is 19.7 Å². The van der Waals surface area contributed by atoms with Gasteiger partial charge in [0.25, 0.3) is 0 Å². The summed E-state index contributed by atoms with van der Waals surface area (Å²) >= 11 is 0. The Hall–Kier alpha value is -1.16. The molecule has 1 aliphatic rings. The van der Waals surface area contributed by atoms with Crippen molar-refractivity contribution in [2.45, 2.75) is 12.5 Å². The largest absolute Gasteiger partial charge is 0.374 e. The summed E-state index contributed by atoms with van der Waals surface area (Å²) in [5.74, 6) is -0.0792. The molecule has 0 spiro atoms. The number of hydrogen-bond acceptors (Lipinski definition) is 5. The van der Waals surface area contributed by atoms with Gasteiger partial charge in [0.1, 0.15) is 0 Å². The Morgan fingerprint density at radius 1 is 1.65 bits per heavy atom. The second kappa shape index (κ2) is 8.01. The van der Waals surface area contributed by atoms with Crippen LogP contribution < -0.4 is 10.6 Å². The van der Waals surface area contributed by atoms with Crippen LogP contribution in [0.1, 0.15) is 6.42 Å². The molecule has 0 aliphatic carbocycles. The Bertz CT molecular complexity index is 277. The number of rotatable bonds is 6. The third-order valence-corrected chi connectivity index (χ3v) is 2.56. The number of carbonyl (C=O) groups excluding carboxylic acids is 1. The molecule has 1 aliphatic heterocycles. The molecule has 0 aromatic rings. The Morgan fingerprint density at radius 2 is 2.47 bits per heavy atom. The molecule has 0 bridgehead atoms. The molecule has 1 rings (SSSR count). The van der Waals surface area contributed by atoms with E-state index >= 15 is 0 Å². The van der Waals surface area contributed by atoms with Gasteiger partial charge in [-0.15, -0.1) is 0 Å². The maximum Gasteiger partial charge on any atom is 0.233 e. The summed E-state index contributed by atoms with van der Waals surface area (Å²) in [5, 5.41) is 14.0. The highest BCUT2D eigenvalue weighted by Crippen LogP contribution is 2.00. The van der Waals surface area contributed by atoms with Crippen LogP contribution in [0.15, 0.2) is 0 Å². The number of morpholine rings is 1. The number of likely N-dealkylation sites (N-methyl/N-ethyl adjacent to an activating group) is 1. The molecule has 0 radical (unpaired) electrons. The van der Waals surface area contributed by atoms with Gasteiger partial charge in [-0.05, 0) is 7.05 Å². The van der Waals surface area contributed by atoms with E-state index < -0.39 is 0 Å². The molecule has 1 saturated heterocycles. The number of nitrogens with zero attached hydrogens (tertiary/aromatic N) is 2. The molecule has 0 aromatic carbocycles. The molecule has 96 valence electrons. The summed E-state index contributed by atoms with van der Waals surface area (Å²) in [5.41, 5.74) is 0. The van der Waals surface area contributed by atoms with Crippen LogP contribution in [0, 0.1) is 11.3 Å². The van der Waals surface area contributed by atoms with Crippen LogP contribution in [0.25, 0.3) is 0 Å². The Labute approximate surface area is 102 Å². The van der Waals surface area contributed by atoms with Gasteiger partial charge < -0.3 is 20.3 Å². The van der Waals surface area contributed by atoms with Gasteiger partial charge in [0.2, 0.25) is 5.91 Å². The van der Waals surface area contributed by atoms with Crippen molar-refractivity contribution in [1.29, 1.82) is 5.26 Å². The molecular weight excluding hydrogens is 220 g/mol. The molecule has 1 fully saturated rings. The van der Waals surface area contributed by atoms with Crippen LogP contribution in [0.3, 0.4) is 0 Å². The van der Waals surface area contributed by atoms with Gasteiger partial charge in [0.15, 0.2) is 0 Å².